The first-order valence-electron chi connectivity index (χ1n) is 9.10. The van der Waals surface area contributed by atoms with E-state index in [1.54, 1.807) is 11.1 Å². The van der Waals surface area contributed by atoms with Gasteiger partial charge in [-0.3, -0.25) is 4.68 Å². The quantitative estimate of drug-likeness (QED) is 0.847. The zero-order valence-electron chi connectivity index (χ0n) is 15.0. The zero-order valence-corrected chi connectivity index (χ0v) is 15.0. The van der Waals surface area contributed by atoms with E-state index in [9.17, 15) is 18.7 Å². The molecule has 2 heterocycles. The normalized spacial score (nSPS) is 27.5. The van der Waals surface area contributed by atoms with Gasteiger partial charge in [-0.25, -0.2) is 13.6 Å². The van der Waals surface area contributed by atoms with E-state index in [-0.39, 0.29) is 29.6 Å². The highest BCUT2D eigenvalue weighted by atomic mass is 19.2. The SMILES string of the molecule is Cc1cnn([C@H]2C[C@H]3CN(C(=O)Nc4ccc(F)c(F)c4)C[C@H]3C[C@@H]2O)c1. The molecule has 0 radical (unpaired) electrons. The van der Waals surface area contributed by atoms with Crippen LogP contribution in [0.15, 0.2) is 30.6 Å². The molecule has 2 aromatic rings. The number of aryl methyl sites for hydroxylation is 1. The summed E-state index contributed by atoms with van der Waals surface area (Å²) in [6, 6.07) is 2.86. The Kier molecular flexibility index (Phi) is 4.59. The van der Waals surface area contributed by atoms with Crippen LogP contribution in [0.5, 0.6) is 0 Å². The fourth-order valence-electron chi connectivity index (χ4n) is 4.25. The first-order chi connectivity index (χ1) is 12.9. The van der Waals surface area contributed by atoms with Crippen LogP contribution in [0.2, 0.25) is 0 Å². The fourth-order valence-corrected chi connectivity index (χ4v) is 4.25. The molecule has 0 bridgehead atoms. The van der Waals surface area contributed by atoms with E-state index in [0.717, 1.165) is 24.1 Å². The predicted molar refractivity (Wildman–Crippen MR) is 95.2 cm³/mol. The van der Waals surface area contributed by atoms with Gasteiger partial charge in [-0.1, -0.05) is 0 Å². The van der Waals surface area contributed by atoms with Gasteiger partial charge in [-0.05, 0) is 49.3 Å². The molecule has 2 aliphatic rings. The average Bonchev–Trinajstić information content (AvgIpc) is 3.23. The summed E-state index contributed by atoms with van der Waals surface area (Å²) in [7, 11) is 0. The summed E-state index contributed by atoms with van der Waals surface area (Å²) in [6.45, 7) is 3.08. The number of urea groups is 1. The number of fused-ring (bicyclic) bond motifs is 1. The molecule has 2 fully saturated rings. The minimum Gasteiger partial charge on any atom is -0.391 e. The number of amides is 2. The maximum Gasteiger partial charge on any atom is 0.321 e. The van der Waals surface area contributed by atoms with Crippen LogP contribution in [-0.2, 0) is 0 Å². The first kappa shape index (κ1) is 17.9. The smallest absolute Gasteiger partial charge is 0.321 e. The number of likely N-dealkylation sites (tertiary alicyclic amines) is 1. The van der Waals surface area contributed by atoms with E-state index < -0.39 is 17.7 Å². The molecule has 1 saturated carbocycles. The standard InChI is InChI=1S/C19H22F2N4O2/c1-11-7-22-25(8-11)17-4-12-9-24(10-13(12)5-18(17)26)19(27)23-14-2-3-15(20)16(21)6-14/h2-3,6-8,12-13,17-18,26H,4-5,9-10H2,1H3,(H,23,27)/t12-,13+,17-,18-/m0/s1. The minimum atomic E-state index is -0.997. The van der Waals surface area contributed by atoms with Crippen molar-refractivity contribution in [1.82, 2.24) is 14.7 Å². The Hall–Kier alpha value is -2.48. The summed E-state index contributed by atoms with van der Waals surface area (Å²) in [4.78, 5) is 14.2. The van der Waals surface area contributed by atoms with Crippen LogP contribution in [-0.4, -0.2) is 45.0 Å². The maximum absolute atomic E-state index is 13.3. The molecule has 144 valence electrons. The second kappa shape index (κ2) is 6.92. The third-order valence-corrected chi connectivity index (χ3v) is 5.64. The Morgan fingerprint density at radius 2 is 1.96 bits per heavy atom. The number of rotatable bonds is 2. The number of aromatic nitrogens is 2. The van der Waals surface area contributed by atoms with Crippen LogP contribution in [0, 0.1) is 30.4 Å². The second-order valence-corrected chi connectivity index (χ2v) is 7.59. The third kappa shape index (κ3) is 3.53. The number of carbonyl (C=O) groups excluding carboxylic acids is 1. The van der Waals surface area contributed by atoms with Crippen LogP contribution in [0.4, 0.5) is 19.3 Å². The van der Waals surface area contributed by atoms with Crippen molar-refractivity contribution in [2.24, 2.45) is 11.8 Å². The molecule has 1 aromatic carbocycles. The van der Waals surface area contributed by atoms with Gasteiger partial charge in [0.2, 0.25) is 0 Å². The molecule has 4 rings (SSSR count). The van der Waals surface area contributed by atoms with Crippen LogP contribution >= 0.6 is 0 Å². The number of aliphatic hydroxyl groups excluding tert-OH is 1. The summed E-state index contributed by atoms with van der Waals surface area (Å²) < 4.78 is 28.2. The maximum atomic E-state index is 13.3. The van der Waals surface area contributed by atoms with Gasteiger partial charge < -0.3 is 15.3 Å². The second-order valence-electron chi connectivity index (χ2n) is 7.59. The largest absolute Gasteiger partial charge is 0.391 e. The summed E-state index contributed by atoms with van der Waals surface area (Å²) in [5.41, 5.74) is 1.27. The monoisotopic (exact) mass is 376 g/mol. The van der Waals surface area contributed by atoms with Gasteiger partial charge in [-0.15, -0.1) is 0 Å². The van der Waals surface area contributed by atoms with Crippen LogP contribution in [0.25, 0.3) is 0 Å². The Morgan fingerprint density at radius 3 is 2.63 bits per heavy atom. The third-order valence-electron chi connectivity index (χ3n) is 5.64. The van der Waals surface area contributed by atoms with Crippen LogP contribution in [0.3, 0.4) is 0 Å². The number of halogens is 2. The molecule has 1 aliphatic carbocycles. The van der Waals surface area contributed by atoms with Crippen molar-refractivity contribution >= 4 is 11.7 Å². The van der Waals surface area contributed by atoms with Gasteiger partial charge in [0, 0.05) is 31.0 Å². The lowest BCUT2D eigenvalue weighted by atomic mass is 9.77. The summed E-state index contributed by atoms with van der Waals surface area (Å²) in [6.07, 6.45) is 4.57. The molecule has 2 amide bonds. The molecule has 1 saturated heterocycles. The van der Waals surface area contributed by atoms with E-state index in [1.165, 1.54) is 6.07 Å². The van der Waals surface area contributed by atoms with E-state index in [0.29, 0.717) is 19.5 Å². The van der Waals surface area contributed by atoms with Gasteiger partial charge in [0.05, 0.1) is 18.3 Å². The topological polar surface area (TPSA) is 70.4 Å². The number of benzene rings is 1. The summed E-state index contributed by atoms with van der Waals surface area (Å²) in [5, 5.41) is 17.5. The van der Waals surface area contributed by atoms with Crippen molar-refractivity contribution in [3.05, 3.63) is 47.8 Å². The molecule has 2 N–H and O–H groups in total. The van der Waals surface area contributed by atoms with E-state index in [1.807, 2.05) is 17.8 Å². The highest BCUT2D eigenvalue weighted by Crippen LogP contribution is 2.41. The Balaban J connectivity index is 1.41. The van der Waals surface area contributed by atoms with E-state index in [4.69, 9.17) is 0 Å². The zero-order chi connectivity index (χ0) is 19.1. The predicted octanol–water partition coefficient (Wildman–Crippen LogP) is 2.95. The van der Waals surface area contributed by atoms with Crippen LogP contribution in [0.1, 0.15) is 24.4 Å². The van der Waals surface area contributed by atoms with Gasteiger partial charge >= 0.3 is 6.03 Å². The molecule has 1 aliphatic heterocycles. The van der Waals surface area contributed by atoms with Gasteiger partial charge in [0.1, 0.15) is 0 Å². The highest BCUT2D eigenvalue weighted by Gasteiger charge is 2.43. The molecule has 4 atom stereocenters. The van der Waals surface area contributed by atoms with Crippen molar-refractivity contribution in [3.8, 4) is 0 Å². The Labute approximate surface area is 155 Å². The first-order valence-corrected chi connectivity index (χ1v) is 9.10. The molecule has 0 spiro atoms. The van der Waals surface area contributed by atoms with Crippen molar-refractivity contribution in [3.63, 3.8) is 0 Å². The number of carbonyl (C=O) groups is 1. The molecular formula is C19H22F2N4O2. The number of aliphatic hydroxyl groups is 1. The van der Waals surface area contributed by atoms with Crippen molar-refractivity contribution in [2.45, 2.75) is 31.9 Å². The summed E-state index contributed by atoms with van der Waals surface area (Å²) in [5.74, 6) is -1.44. The van der Waals surface area contributed by atoms with Gasteiger partial charge in [-0.2, -0.15) is 5.10 Å². The summed E-state index contributed by atoms with van der Waals surface area (Å²) >= 11 is 0. The number of nitrogens with one attached hydrogen (secondary N) is 1. The van der Waals surface area contributed by atoms with Crippen molar-refractivity contribution in [2.75, 3.05) is 18.4 Å². The molecule has 6 nitrogen and oxygen atoms in total. The molecule has 8 heteroatoms. The fraction of sp³-hybridized carbons (Fsp3) is 0.474. The van der Waals surface area contributed by atoms with E-state index in [2.05, 4.69) is 10.4 Å². The lowest BCUT2D eigenvalue weighted by Gasteiger charge is -2.35. The minimum absolute atomic E-state index is 0.0887. The van der Waals surface area contributed by atoms with Gasteiger partial charge in [0.15, 0.2) is 11.6 Å². The molecule has 1 aromatic heterocycles. The number of anilines is 1. The highest BCUT2D eigenvalue weighted by molar-refractivity contribution is 5.89. The van der Waals surface area contributed by atoms with Crippen LogP contribution < -0.4 is 5.32 Å². The van der Waals surface area contributed by atoms with Crippen molar-refractivity contribution in [1.29, 1.82) is 0 Å². The van der Waals surface area contributed by atoms with Crippen molar-refractivity contribution < 1.29 is 18.7 Å². The lowest BCUT2D eigenvalue weighted by Crippen LogP contribution is -2.36. The molecule has 0 unspecified atom stereocenters. The lowest BCUT2D eigenvalue weighted by molar-refractivity contribution is 0.0306. The van der Waals surface area contributed by atoms with Gasteiger partial charge in [0.25, 0.3) is 0 Å². The number of hydrogen-bond acceptors (Lipinski definition) is 3. The molecule has 27 heavy (non-hydrogen) atoms. The van der Waals surface area contributed by atoms with E-state index >= 15 is 0 Å². The number of nitrogens with zero attached hydrogens (tertiary/aromatic N) is 3. The Bertz CT molecular complexity index is 856. The number of hydrogen-bond donors (Lipinski definition) is 2. The molecular weight excluding hydrogens is 354 g/mol. The Morgan fingerprint density at radius 1 is 1.22 bits per heavy atom. The average molecular weight is 376 g/mol.